The van der Waals surface area contributed by atoms with Crippen molar-refractivity contribution >= 4 is 21.4 Å². The van der Waals surface area contributed by atoms with Gasteiger partial charge in [0.05, 0.1) is 6.04 Å². The summed E-state index contributed by atoms with van der Waals surface area (Å²) in [7, 11) is -3.63. The highest BCUT2D eigenvalue weighted by atomic mass is 32.2. The van der Waals surface area contributed by atoms with Crippen LogP contribution in [0.25, 0.3) is 0 Å². The van der Waals surface area contributed by atoms with Gasteiger partial charge in [-0.2, -0.15) is 17.5 Å². The van der Waals surface area contributed by atoms with Crippen LogP contribution in [0.3, 0.4) is 0 Å². The van der Waals surface area contributed by atoms with Gasteiger partial charge in [-0.3, -0.25) is 0 Å². The van der Waals surface area contributed by atoms with E-state index in [4.69, 9.17) is 0 Å². The first-order valence-electron chi connectivity index (χ1n) is 9.95. The molecule has 2 saturated heterocycles. The summed E-state index contributed by atoms with van der Waals surface area (Å²) < 4.78 is 66.3. The lowest BCUT2D eigenvalue weighted by Gasteiger charge is -2.30. The molecular formula is C20H24F3N3O2S2. The highest BCUT2D eigenvalue weighted by molar-refractivity contribution is 7.91. The van der Waals surface area contributed by atoms with Gasteiger partial charge in [0, 0.05) is 18.0 Å². The number of hydrogen-bond donors (Lipinski definition) is 2. The van der Waals surface area contributed by atoms with Crippen LogP contribution in [0.4, 0.5) is 13.2 Å². The third-order valence-electron chi connectivity index (χ3n) is 5.78. The molecule has 5 nitrogen and oxygen atoms in total. The van der Waals surface area contributed by atoms with Crippen molar-refractivity contribution in [3.8, 4) is 0 Å². The molecule has 164 valence electrons. The number of hydrogen-bond acceptors (Lipinski definition) is 5. The molecule has 2 fully saturated rings. The molecule has 1 aromatic heterocycles. The summed E-state index contributed by atoms with van der Waals surface area (Å²) in [5.41, 5.74) is 6.15. The van der Waals surface area contributed by atoms with E-state index in [1.54, 1.807) is 6.07 Å². The lowest BCUT2D eigenvalue weighted by molar-refractivity contribution is -0.153. The maximum absolute atomic E-state index is 13.0. The number of nitrogens with one attached hydrogen (secondary N) is 2. The fraction of sp³-hybridized carbons (Fsp3) is 0.500. The van der Waals surface area contributed by atoms with E-state index in [9.17, 15) is 21.6 Å². The van der Waals surface area contributed by atoms with Crippen molar-refractivity contribution in [1.82, 2.24) is 15.2 Å². The van der Waals surface area contributed by atoms with Crippen LogP contribution < -0.4 is 10.9 Å². The predicted molar refractivity (Wildman–Crippen MR) is 109 cm³/mol. The Bertz CT molecular complexity index is 955. The van der Waals surface area contributed by atoms with E-state index in [0.717, 1.165) is 30.6 Å². The Hall–Kier alpha value is -1.46. The molecule has 2 aromatic rings. The van der Waals surface area contributed by atoms with Gasteiger partial charge in [0.1, 0.15) is 10.3 Å². The average molecular weight is 460 g/mol. The van der Waals surface area contributed by atoms with E-state index in [1.807, 2.05) is 18.2 Å². The molecule has 4 rings (SSSR count). The van der Waals surface area contributed by atoms with Crippen LogP contribution in [0.1, 0.15) is 35.7 Å². The Morgan fingerprint density at radius 1 is 1.03 bits per heavy atom. The van der Waals surface area contributed by atoms with Crippen molar-refractivity contribution in [1.29, 1.82) is 0 Å². The zero-order valence-electron chi connectivity index (χ0n) is 16.2. The molecule has 2 N–H and O–H groups in total. The molecule has 0 saturated carbocycles. The zero-order valence-corrected chi connectivity index (χ0v) is 17.9. The number of halogens is 3. The topological polar surface area (TPSA) is 61.4 Å². The summed E-state index contributed by atoms with van der Waals surface area (Å²) in [5.74, 6) is 0.450. The molecular weight excluding hydrogens is 435 g/mol. The first kappa shape index (κ1) is 21.8. The lowest BCUT2D eigenvalue weighted by Crippen LogP contribution is -2.40. The van der Waals surface area contributed by atoms with Crippen LogP contribution in [0.15, 0.2) is 46.7 Å². The number of rotatable bonds is 5. The molecule has 2 aliphatic heterocycles. The second-order valence-electron chi connectivity index (χ2n) is 7.87. The molecule has 0 aliphatic carbocycles. The van der Waals surface area contributed by atoms with E-state index in [2.05, 4.69) is 23.0 Å². The van der Waals surface area contributed by atoms with Gasteiger partial charge >= 0.3 is 6.18 Å². The first-order chi connectivity index (χ1) is 14.2. The summed E-state index contributed by atoms with van der Waals surface area (Å²) in [5, 5.41) is 0. The van der Waals surface area contributed by atoms with Gasteiger partial charge in [-0.05, 0) is 49.3 Å². The van der Waals surface area contributed by atoms with Crippen LogP contribution in [0, 0.1) is 5.92 Å². The van der Waals surface area contributed by atoms with Crippen LogP contribution >= 0.6 is 11.3 Å². The Balaban J connectivity index is 1.37. The number of nitrogens with zero attached hydrogens (tertiary/aromatic N) is 1. The summed E-state index contributed by atoms with van der Waals surface area (Å²) in [6, 6.07) is 11.1. The molecule has 1 aromatic carbocycles. The number of alkyl halides is 3. The highest BCUT2D eigenvalue weighted by Gasteiger charge is 2.45. The fourth-order valence-electron chi connectivity index (χ4n) is 4.05. The summed E-state index contributed by atoms with van der Waals surface area (Å²) in [6.07, 6.45) is -1.95. The minimum atomic E-state index is -4.34. The quantitative estimate of drug-likeness (QED) is 0.713. The molecule has 2 unspecified atom stereocenters. The van der Waals surface area contributed by atoms with E-state index in [1.165, 1.54) is 15.9 Å². The van der Waals surface area contributed by atoms with Crippen molar-refractivity contribution in [2.75, 3.05) is 13.1 Å². The van der Waals surface area contributed by atoms with Crippen molar-refractivity contribution in [3.05, 3.63) is 52.9 Å². The molecule has 0 amide bonds. The smallest absolute Gasteiger partial charge is 0.249 e. The average Bonchev–Trinajstić information content (AvgIpc) is 3.39. The Labute approximate surface area is 178 Å². The van der Waals surface area contributed by atoms with Gasteiger partial charge in [0.2, 0.25) is 0 Å². The highest BCUT2D eigenvalue weighted by Crippen LogP contribution is 2.36. The molecule has 2 aliphatic rings. The van der Waals surface area contributed by atoms with Crippen LogP contribution in [-0.4, -0.2) is 38.0 Å². The Kier molecular flexibility index (Phi) is 6.23. The van der Waals surface area contributed by atoms with Crippen LogP contribution in [0.2, 0.25) is 0 Å². The molecule has 0 bridgehead atoms. The largest absolute Gasteiger partial charge is 0.405 e. The number of hydrazine groups is 1. The van der Waals surface area contributed by atoms with E-state index in [-0.39, 0.29) is 10.6 Å². The standard InChI is InChI=1S/C20H24F3N3O2S2/c21-20(22,23)18-13-16(24-25-18)17-6-7-19(29-17)30(27,28)26-10-8-15(9-11-26)12-14-4-2-1-3-5-14/h1-7,15-16,18,24-25H,8-13H2. The summed E-state index contributed by atoms with van der Waals surface area (Å²) >= 11 is 1.05. The third kappa shape index (κ3) is 4.72. The Morgan fingerprint density at radius 3 is 2.37 bits per heavy atom. The van der Waals surface area contributed by atoms with Gasteiger partial charge < -0.3 is 0 Å². The number of benzene rings is 1. The van der Waals surface area contributed by atoms with Gasteiger partial charge in [-0.25, -0.2) is 19.3 Å². The number of sulfonamides is 1. The van der Waals surface area contributed by atoms with E-state index >= 15 is 0 Å². The van der Waals surface area contributed by atoms with Gasteiger partial charge in [-0.15, -0.1) is 11.3 Å². The minimum absolute atomic E-state index is 0.158. The monoisotopic (exact) mass is 459 g/mol. The fourth-order valence-corrected chi connectivity index (χ4v) is 7.06. The van der Waals surface area contributed by atoms with Gasteiger partial charge in [0.15, 0.2) is 0 Å². The molecule has 2 atom stereocenters. The molecule has 3 heterocycles. The maximum Gasteiger partial charge on any atom is 0.405 e. The summed E-state index contributed by atoms with van der Waals surface area (Å²) in [4.78, 5) is 0.590. The SMILES string of the molecule is O=S(=O)(c1ccc(C2CC(C(F)(F)F)NN2)s1)N1CCC(Cc2ccccc2)CC1. The molecule has 30 heavy (non-hydrogen) atoms. The Morgan fingerprint density at radius 2 is 1.73 bits per heavy atom. The molecule has 0 spiro atoms. The maximum atomic E-state index is 13.0. The number of piperidine rings is 1. The zero-order chi connectivity index (χ0) is 21.4. The predicted octanol–water partition coefficient (Wildman–Crippen LogP) is 3.86. The van der Waals surface area contributed by atoms with E-state index < -0.39 is 28.3 Å². The molecule has 0 radical (unpaired) electrons. The normalized spacial score (nSPS) is 24.4. The second kappa shape index (κ2) is 8.58. The van der Waals surface area contributed by atoms with E-state index in [0.29, 0.717) is 23.9 Å². The molecule has 10 heteroatoms. The number of thiophene rings is 1. The van der Waals surface area contributed by atoms with Gasteiger partial charge in [0.25, 0.3) is 10.0 Å². The summed E-state index contributed by atoms with van der Waals surface area (Å²) in [6.45, 7) is 0.929. The van der Waals surface area contributed by atoms with Crippen LogP contribution in [-0.2, 0) is 16.4 Å². The minimum Gasteiger partial charge on any atom is -0.249 e. The van der Waals surface area contributed by atoms with Gasteiger partial charge in [-0.1, -0.05) is 30.3 Å². The van der Waals surface area contributed by atoms with Crippen molar-refractivity contribution in [2.24, 2.45) is 5.92 Å². The van der Waals surface area contributed by atoms with Crippen molar-refractivity contribution < 1.29 is 21.6 Å². The lowest BCUT2D eigenvalue weighted by atomic mass is 9.91. The first-order valence-corrected chi connectivity index (χ1v) is 12.2. The van der Waals surface area contributed by atoms with Crippen molar-refractivity contribution in [2.45, 2.75) is 48.2 Å². The van der Waals surface area contributed by atoms with Crippen molar-refractivity contribution in [3.63, 3.8) is 0 Å². The van der Waals surface area contributed by atoms with Crippen LogP contribution in [0.5, 0.6) is 0 Å². The second-order valence-corrected chi connectivity index (χ2v) is 11.1. The third-order valence-corrected chi connectivity index (χ3v) is 9.34.